The SMILES string of the molecule is C=S(CC)CCCc1ccc2nn(-c3cc(C)cc(C(C)(C)C)c3O)nc2c1. The van der Waals surface area contributed by atoms with Crippen LogP contribution in [-0.4, -0.2) is 37.5 Å². The lowest BCUT2D eigenvalue weighted by Gasteiger charge is -2.22. The molecule has 1 N–H and O–H groups in total. The van der Waals surface area contributed by atoms with Gasteiger partial charge in [-0.2, -0.15) is 10.5 Å². The fourth-order valence-corrected chi connectivity index (χ4v) is 4.17. The molecule has 28 heavy (non-hydrogen) atoms. The topological polar surface area (TPSA) is 50.9 Å². The lowest BCUT2D eigenvalue weighted by atomic mass is 9.85. The molecule has 0 radical (unpaired) electrons. The lowest BCUT2D eigenvalue weighted by molar-refractivity contribution is 0.440. The Balaban J connectivity index is 1.93. The number of rotatable bonds is 6. The van der Waals surface area contributed by atoms with Gasteiger partial charge in [-0.25, -0.2) is 0 Å². The zero-order chi connectivity index (χ0) is 20.5. The van der Waals surface area contributed by atoms with Crippen molar-refractivity contribution < 1.29 is 5.11 Å². The first-order valence-electron chi connectivity index (χ1n) is 9.86. The maximum absolute atomic E-state index is 10.9. The first-order chi connectivity index (χ1) is 13.2. The van der Waals surface area contributed by atoms with Crippen molar-refractivity contribution in [3.8, 4) is 11.4 Å². The molecule has 0 saturated heterocycles. The van der Waals surface area contributed by atoms with Gasteiger partial charge in [0.2, 0.25) is 0 Å². The summed E-state index contributed by atoms with van der Waals surface area (Å²) in [6, 6.07) is 10.2. The number of fused-ring (bicyclic) bond motifs is 1. The van der Waals surface area contributed by atoms with Crippen molar-refractivity contribution in [2.45, 2.75) is 52.9 Å². The second-order valence-corrected chi connectivity index (χ2v) is 10.7. The highest BCUT2D eigenvalue weighted by Gasteiger charge is 2.22. The summed E-state index contributed by atoms with van der Waals surface area (Å²) in [6.45, 7) is 10.5. The van der Waals surface area contributed by atoms with Crippen LogP contribution in [0.4, 0.5) is 0 Å². The molecule has 0 saturated carbocycles. The molecule has 1 heterocycles. The van der Waals surface area contributed by atoms with E-state index in [2.05, 4.69) is 55.9 Å². The molecule has 3 rings (SSSR count). The predicted molar refractivity (Wildman–Crippen MR) is 122 cm³/mol. The third kappa shape index (κ3) is 4.46. The van der Waals surface area contributed by atoms with E-state index in [0.29, 0.717) is 5.69 Å². The first kappa shape index (κ1) is 20.6. The van der Waals surface area contributed by atoms with E-state index < -0.39 is 0 Å². The molecule has 0 aliphatic carbocycles. The fourth-order valence-electron chi connectivity index (χ4n) is 3.33. The predicted octanol–water partition coefficient (Wildman–Crippen LogP) is 5.39. The molecule has 1 aromatic heterocycles. The largest absolute Gasteiger partial charge is 0.505 e. The minimum atomic E-state index is -0.157. The van der Waals surface area contributed by atoms with Gasteiger partial charge in [0.05, 0.1) is 0 Å². The van der Waals surface area contributed by atoms with Crippen molar-refractivity contribution in [2.75, 3.05) is 11.5 Å². The minimum Gasteiger partial charge on any atom is -0.505 e. The van der Waals surface area contributed by atoms with Crippen LogP contribution in [0.5, 0.6) is 5.75 Å². The Bertz CT molecular complexity index is 1010. The van der Waals surface area contributed by atoms with E-state index in [-0.39, 0.29) is 21.6 Å². The van der Waals surface area contributed by atoms with Crippen LogP contribution in [0.25, 0.3) is 16.7 Å². The van der Waals surface area contributed by atoms with Crippen molar-refractivity contribution in [3.63, 3.8) is 0 Å². The van der Waals surface area contributed by atoms with Crippen molar-refractivity contribution in [1.82, 2.24) is 15.0 Å². The van der Waals surface area contributed by atoms with Crippen LogP contribution in [-0.2, 0) is 11.8 Å². The van der Waals surface area contributed by atoms with Crippen molar-refractivity contribution in [2.24, 2.45) is 0 Å². The second kappa shape index (κ2) is 8.08. The zero-order valence-corrected chi connectivity index (χ0v) is 18.4. The number of aromatic hydroxyl groups is 1. The number of hydrogen-bond acceptors (Lipinski definition) is 3. The summed E-state index contributed by atoms with van der Waals surface area (Å²) < 4.78 is 0. The number of hydrogen-bond donors (Lipinski definition) is 1. The van der Waals surface area contributed by atoms with Gasteiger partial charge in [-0.1, -0.05) is 45.7 Å². The smallest absolute Gasteiger partial charge is 0.146 e. The summed E-state index contributed by atoms with van der Waals surface area (Å²) in [7, 11) is 0.277. The third-order valence-corrected chi connectivity index (χ3v) is 6.69. The van der Waals surface area contributed by atoms with Crippen molar-refractivity contribution >= 4 is 27.4 Å². The number of aryl methyl sites for hydroxylation is 2. The van der Waals surface area contributed by atoms with Crippen LogP contribution in [0.1, 0.15) is 50.8 Å². The normalized spacial score (nSPS) is 13.2. The van der Waals surface area contributed by atoms with E-state index in [1.807, 2.05) is 25.1 Å². The Morgan fingerprint density at radius 1 is 1.11 bits per heavy atom. The Morgan fingerprint density at radius 2 is 1.82 bits per heavy atom. The quantitative estimate of drug-likeness (QED) is 0.568. The second-order valence-electron chi connectivity index (χ2n) is 8.45. The van der Waals surface area contributed by atoms with Gasteiger partial charge in [0, 0.05) is 5.56 Å². The maximum atomic E-state index is 10.9. The van der Waals surface area contributed by atoms with Crippen molar-refractivity contribution in [3.05, 3.63) is 47.0 Å². The Morgan fingerprint density at radius 3 is 2.50 bits per heavy atom. The number of nitrogens with zero attached hydrogens (tertiary/aromatic N) is 3. The maximum Gasteiger partial charge on any atom is 0.146 e. The molecule has 0 fully saturated rings. The minimum absolute atomic E-state index is 0.157. The molecule has 0 aliphatic heterocycles. The Hall–Kier alpha value is -2.14. The highest BCUT2D eigenvalue weighted by molar-refractivity contribution is 8.14. The van der Waals surface area contributed by atoms with Crippen molar-refractivity contribution in [1.29, 1.82) is 0 Å². The number of benzene rings is 2. The van der Waals surface area contributed by atoms with E-state index in [1.165, 1.54) is 11.3 Å². The van der Waals surface area contributed by atoms with E-state index in [0.717, 1.165) is 40.8 Å². The first-order valence-corrected chi connectivity index (χ1v) is 11.6. The summed E-state index contributed by atoms with van der Waals surface area (Å²) in [5.41, 5.74) is 5.44. The average molecular weight is 398 g/mol. The van der Waals surface area contributed by atoms with Crippen LogP contribution >= 0.6 is 10.5 Å². The van der Waals surface area contributed by atoms with Crippen LogP contribution in [0.15, 0.2) is 30.3 Å². The molecular weight excluding hydrogens is 366 g/mol. The van der Waals surface area contributed by atoms with Crippen LogP contribution in [0, 0.1) is 6.92 Å². The Labute approximate surface area is 170 Å². The van der Waals surface area contributed by atoms with E-state index in [1.54, 1.807) is 4.80 Å². The summed E-state index contributed by atoms with van der Waals surface area (Å²) in [6.07, 6.45) is 2.18. The summed E-state index contributed by atoms with van der Waals surface area (Å²) in [5.74, 6) is 6.77. The van der Waals surface area contributed by atoms with Gasteiger partial charge < -0.3 is 5.11 Å². The average Bonchev–Trinajstić information content (AvgIpc) is 3.05. The zero-order valence-electron chi connectivity index (χ0n) is 17.6. The molecule has 2 aromatic carbocycles. The summed E-state index contributed by atoms with van der Waals surface area (Å²) >= 11 is 0. The summed E-state index contributed by atoms with van der Waals surface area (Å²) in [4.78, 5) is 1.57. The standard InChI is InChI=1S/C23H31N3OS/c1-7-28(6)12-8-9-17-10-11-19-20(15-17)25-26(24-19)21-14-16(2)13-18(22(21)27)23(3,4)5/h10-11,13-15,27H,6-9,12H2,1-5H3. The molecule has 3 aromatic rings. The van der Waals surface area contributed by atoms with Crippen LogP contribution in [0.3, 0.4) is 0 Å². The van der Waals surface area contributed by atoms with E-state index >= 15 is 0 Å². The van der Waals surface area contributed by atoms with E-state index in [9.17, 15) is 5.11 Å². The highest BCUT2D eigenvalue weighted by Crippen LogP contribution is 2.36. The highest BCUT2D eigenvalue weighted by atomic mass is 32.2. The molecule has 1 unspecified atom stereocenters. The van der Waals surface area contributed by atoms with Gasteiger partial charge in [0.1, 0.15) is 22.5 Å². The Kier molecular flexibility index (Phi) is 5.94. The molecule has 0 bridgehead atoms. The molecule has 150 valence electrons. The third-order valence-electron chi connectivity index (χ3n) is 5.01. The van der Waals surface area contributed by atoms with Gasteiger partial charge in [-0.15, -0.1) is 15.0 Å². The molecule has 4 nitrogen and oxygen atoms in total. The summed E-state index contributed by atoms with van der Waals surface area (Å²) in [5, 5.41) is 20.1. The molecule has 1 atom stereocenters. The van der Waals surface area contributed by atoms with Crippen LogP contribution < -0.4 is 0 Å². The van der Waals surface area contributed by atoms with Gasteiger partial charge in [-0.3, -0.25) is 0 Å². The number of phenols is 1. The van der Waals surface area contributed by atoms with Crippen LogP contribution in [0.2, 0.25) is 0 Å². The number of phenolic OH excluding ortho intramolecular Hbond substituents is 1. The lowest BCUT2D eigenvalue weighted by Crippen LogP contribution is -2.13. The molecule has 0 aliphatic rings. The van der Waals surface area contributed by atoms with Gasteiger partial charge in [0.25, 0.3) is 0 Å². The molecule has 0 spiro atoms. The molecule has 0 amide bonds. The van der Waals surface area contributed by atoms with Gasteiger partial charge in [-0.05, 0) is 66.0 Å². The van der Waals surface area contributed by atoms with Gasteiger partial charge in [0.15, 0.2) is 0 Å². The van der Waals surface area contributed by atoms with E-state index in [4.69, 9.17) is 0 Å². The fraction of sp³-hybridized carbons (Fsp3) is 0.435. The molecule has 5 heteroatoms. The molecular formula is C23H31N3OS. The number of aromatic nitrogens is 3. The monoisotopic (exact) mass is 397 g/mol. The van der Waals surface area contributed by atoms with Gasteiger partial charge >= 0.3 is 0 Å².